The van der Waals surface area contributed by atoms with Crippen molar-refractivity contribution in [1.29, 1.82) is 0 Å². The molecular weight excluding hydrogens is 376 g/mol. The average Bonchev–Trinajstić information content (AvgIpc) is 3.16. The molecule has 5 nitrogen and oxygen atoms in total. The number of carbonyl (C=O) groups is 1. The van der Waals surface area contributed by atoms with Crippen LogP contribution < -0.4 is 4.74 Å². The van der Waals surface area contributed by atoms with Crippen molar-refractivity contribution in [3.8, 4) is 5.88 Å². The van der Waals surface area contributed by atoms with E-state index in [0.29, 0.717) is 36.6 Å². The highest BCUT2D eigenvalue weighted by atomic mass is 19.1. The Labute approximate surface area is 168 Å². The fourth-order valence-electron chi connectivity index (χ4n) is 3.04. The molecule has 3 aromatic rings. The summed E-state index contributed by atoms with van der Waals surface area (Å²) in [5, 5.41) is 4.38. The van der Waals surface area contributed by atoms with Crippen molar-refractivity contribution in [2.45, 2.75) is 33.5 Å². The van der Waals surface area contributed by atoms with Crippen molar-refractivity contribution in [2.75, 3.05) is 6.54 Å². The van der Waals surface area contributed by atoms with Gasteiger partial charge >= 0.3 is 0 Å². The molecule has 0 unspecified atom stereocenters. The van der Waals surface area contributed by atoms with Gasteiger partial charge in [-0.25, -0.2) is 8.78 Å². The van der Waals surface area contributed by atoms with Crippen molar-refractivity contribution in [3.05, 3.63) is 83.1 Å². The van der Waals surface area contributed by atoms with Crippen molar-refractivity contribution in [2.24, 2.45) is 0 Å². The number of rotatable bonds is 4. The first-order valence-corrected chi connectivity index (χ1v) is 9.57. The SMILES string of the molecule is CC.O=C(c1ccc(F)cc1)N1CCn2nc(OCc3cccc(F)c3)cc2C1. The molecule has 0 bridgehead atoms. The van der Waals surface area contributed by atoms with Crippen LogP contribution in [0.1, 0.15) is 35.5 Å². The molecule has 0 aliphatic carbocycles. The van der Waals surface area contributed by atoms with Crippen LogP contribution in [0.2, 0.25) is 0 Å². The van der Waals surface area contributed by atoms with E-state index in [9.17, 15) is 13.6 Å². The maximum Gasteiger partial charge on any atom is 0.254 e. The van der Waals surface area contributed by atoms with E-state index in [4.69, 9.17) is 4.74 Å². The van der Waals surface area contributed by atoms with Crippen LogP contribution in [0.3, 0.4) is 0 Å². The van der Waals surface area contributed by atoms with Crippen molar-refractivity contribution < 1.29 is 18.3 Å². The van der Waals surface area contributed by atoms with E-state index in [2.05, 4.69) is 5.10 Å². The van der Waals surface area contributed by atoms with Gasteiger partial charge < -0.3 is 9.64 Å². The predicted octanol–water partition coefficient (Wildman–Crippen LogP) is 4.42. The van der Waals surface area contributed by atoms with Gasteiger partial charge in [0.05, 0.1) is 18.8 Å². The van der Waals surface area contributed by atoms with E-state index in [-0.39, 0.29) is 24.1 Å². The van der Waals surface area contributed by atoms with Gasteiger partial charge in [-0.15, -0.1) is 5.10 Å². The fraction of sp³-hybridized carbons (Fsp3) is 0.273. The monoisotopic (exact) mass is 399 g/mol. The van der Waals surface area contributed by atoms with E-state index < -0.39 is 0 Å². The van der Waals surface area contributed by atoms with Crippen molar-refractivity contribution in [3.63, 3.8) is 0 Å². The minimum absolute atomic E-state index is 0.148. The van der Waals surface area contributed by atoms with Crippen LogP contribution >= 0.6 is 0 Å². The summed E-state index contributed by atoms with van der Waals surface area (Å²) in [6.45, 7) is 5.67. The highest BCUT2D eigenvalue weighted by molar-refractivity contribution is 5.94. The fourth-order valence-corrected chi connectivity index (χ4v) is 3.04. The maximum atomic E-state index is 13.2. The third-order valence-electron chi connectivity index (χ3n) is 4.43. The Morgan fingerprint density at radius 2 is 1.79 bits per heavy atom. The third kappa shape index (κ3) is 4.99. The van der Waals surface area contributed by atoms with Crippen LogP contribution in [0.15, 0.2) is 54.6 Å². The van der Waals surface area contributed by atoms with Gasteiger partial charge in [0.1, 0.15) is 18.2 Å². The summed E-state index contributed by atoms with van der Waals surface area (Å²) in [6, 6.07) is 13.5. The Bertz CT molecular complexity index is 970. The van der Waals surface area contributed by atoms with E-state index in [1.807, 2.05) is 13.8 Å². The van der Waals surface area contributed by atoms with Gasteiger partial charge in [0.15, 0.2) is 0 Å². The number of benzene rings is 2. The van der Waals surface area contributed by atoms with E-state index >= 15 is 0 Å². The second-order valence-electron chi connectivity index (χ2n) is 6.35. The van der Waals surface area contributed by atoms with Gasteiger partial charge in [-0.3, -0.25) is 9.48 Å². The lowest BCUT2D eigenvalue weighted by molar-refractivity contribution is 0.0706. The van der Waals surface area contributed by atoms with Gasteiger partial charge in [-0.05, 0) is 42.0 Å². The summed E-state index contributed by atoms with van der Waals surface area (Å²) in [6.07, 6.45) is 0. The van der Waals surface area contributed by atoms with Crippen molar-refractivity contribution >= 4 is 5.91 Å². The molecule has 1 aliphatic rings. The summed E-state index contributed by atoms with van der Waals surface area (Å²) >= 11 is 0. The van der Waals surface area contributed by atoms with Gasteiger partial charge in [0.25, 0.3) is 5.91 Å². The minimum Gasteiger partial charge on any atom is -0.472 e. The van der Waals surface area contributed by atoms with Crippen LogP contribution in [0.4, 0.5) is 8.78 Å². The quantitative estimate of drug-likeness (QED) is 0.652. The Balaban J connectivity index is 0.00000117. The van der Waals surface area contributed by atoms with Gasteiger partial charge in [0, 0.05) is 18.2 Å². The molecular formula is C22H23F2N3O2. The molecule has 1 aromatic heterocycles. The van der Waals surface area contributed by atoms with Gasteiger partial charge in [-0.1, -0.05) is 26.0 Å². The lowest BCUT2D eigenvalue weighted by atomic mass is 10.1. The summed E-state index contributed by atoms with van der Waals surface area (Å²) in [4.78, 5) is 14.3. The summed E-state index contributed by atoms with van der Waals surface area (Å²) < 4.78 is 33.7. The topological polar surface area (TPSA) is 47.4 Å². The number of halogens is 2. The summed E-state index contributed by atoms with van der Waals surface area (Å²) in [7, 11) is 0. The molecule has 0 atom stereocenters. The number of carbonyl (C=O) groups excluding carboxylic acids is 1. The highest BCUT2D eigenvalue weighted by Crippen LogP contribution is 2.20. The molecule has 152 valence electrons. The van der Waals surface area contributed by atoms with E-state index in [1.165, 1.54) is 36.4 Å². The molecule has 2 aromatic carbocycles. The molecule has 0 spiro atoms. The first-order chi connectivity index (χ1) is 14.1. The maximum absolute atomic E-state index is 13.2. The summed E-state index contributed by atoms with van der Waals surface area (Å²) in [5.41, 5.74) is 2.02. The van der Waals surface area contributed by atoms with Crippen LogP contribution in [0.25, 0.3) is 0 Å². The predicted molar refractivity (Wildman–Crippen MR) is 105 cm³/mol. The molecule has 1 aliphatic heterocycles. The number of aromatic nitrogens is 2. The van der Waals surface area contributed by atoms with Gasteiger partial charge in [0.2, 0.25) is 5.88 Å². The van der Waals surface area contributed by atoms with Crippen molar-refractivity contribution in [1.82, 2.24) is 14.7 Å². The number of ether oxygens (including phenoxy) is 1. The van der Waals surface area contributed by atoms with Gasteiger partial charge in [-0.2, -0.15) is 0 Å². The molecule has 0 saturated carbocycles. The number of fused-ring (bicyclic) bond motifs is 1. The zero-order valence-electron chi connectivity index (χ0n) is 16.4. The Morgan fingerprint density at radius 1 is 1.03 bits per heavy atom. The zero-order valence-corrected chi connectivity index (χ0v) is 16.4. The van der Waals surface area contributed by atoms with Crippen LogP contribution in [0, 0.1) is 11.6 Å². The Hall–Kier alpha value is -3.22. The second-order valence-corrected chi connectivity index (χ2v) is 6.35. The molecule has 0 fully saturated rings. The molecule has 0 N–H and O–H groups in total. The highest BCUT2D eigenvalue weighted by Gasteiger charge is 2.23. The minimum atomic E-state index is -0.372. The smallest absolute Gasteiger partial charge is 0.254 e. The largest absolute Gasteiger partial charge is 0.472 e. The van der Waals surface area contributed by atoms with E-state index in [0.717, 1.165) is 5.69 Å². The molecule has 0 saturated heterocycles. The second kappa shape index (κ2) is 9.32. The first kappa shape index (κ1) is 20.5. The molecule has 0 radical (unpaired) electrons. The normalized spacial score (nSPS) is 12.6. The third-order valence-corrected chi connectivity index (χ3v) is 4.43. The molecule has 29 heavy (non-hydrogen) atoms. The molecule has 1 amide bonds. The number of nitrogens with zero attached hydrogens (tertiary/aromatic N) is 3. The lowest BCUT2D eigenvalue weighted by Crippen LogP contribution is -2.38. The lowest BCUT2D eigenvalue weighted by Gasteiger charge is -2.27. The molecule has 2 heterocycles. The number of hydrogen-bond acceptors (Lipinski definition) is 3. The van der Waals surface area contributed by atoms with E-state index in [1.54, 1.807) is 27.8 Å². The summed E-state index contributed by atoms with van der Waals surface area (Å²) in [5.74, 6) is -0.395. The average molecular weight is 399 g/mol. The van der Waals surface area contributed by atoms with Crippen LogP contribution in [-0.2, 0) is 19.7 Å². The standard InChI is InChI=1S/C20H17F2N3O2.C2H6/c21-16-6-4-15(5-7-16)20(26)24-8-9-25-18(12-24)11-19(23-25)27-13-14-2-1-3-17(22)10-14;1-2/h1-7,10-11H,8-9,12-13H2;1-2H3. The zero-order chi connectivity index (χ0) is 20.8. The number of amides is 1. The van der Waals surface area contributed by atoms with Crippen LogP contribution in [0.5, 0.6) is 5.88 Å². The Morgan fingerprint density at radius 3 is 2.52 bits per heavy atom. The Kier molecular flexibility index (Phi) is 6.59. The number of hydrogen-bond donors (Lipinski definition) is 0. The molecule has 7 heteroatoms. The van der Waals surface area contributed by atoms with Crippen LogP contribution in [-0.4, -0.2) is 27.1 Å². The molecule has 4 rings (SSSR count). The first-order valence-electron chi connectivity index (χ1n) is 9.57.